The normalized spacial score (nSPS) is 13.7. The molecule has 0 aromatic heterocycles. The highest BCUT2D eigenvalue weighted by Gasteiger charge is 2.31. The van der Waals surface area contributed by atoms with Crippen LogP contribution in [0.1, 0.15) is 64.1 Å². The number of ketones is 2. The molecular weight excluding hydrogens is 288 g/mol. The largest absolute Gasteiger partial charge is 0.396 e. The second-order valence-corrected chi connectivity index (χ2v) is 6.68. The predicted molar refractivity (Wildman–Crippen MR) is 89.1 cm³/mol. The molecule has 0 aliphatic heterocycles. The van der Waals surface area contributed by atoms with Gasteiger partial charge in [-0.05, 0) is 36.0 Å². The molecule has 0 amide bonds. The van der Waals surface area contributed by atoms with Crippen molar-refractivity contribution in [3.05, 3.63) is 70.3 Å². The van der Waals surface area contributed by atoms with Gasteiger partial charge in [0.15, 0.2) is 11.6 Å². The fourth-order valence-electron chi connectivity index (χ4n) is 3.19. The molecule has 1 aliphatic rings. The monoisotopic (exact) mass is 308 g/mol. The van der Waals surface area contributed by atoms with Crippen molar-refractivity contribution in [1.29, 1.82) is 0 Å². The van der Waals surface area contributed by atoms with Gasteiger partial charge in [-0.25, -0.2) is 0 Å². The summed E-state index contributed by atoms with van der Waals surface area (Å²) in [5, 5.41) is 9.06. The summed E-state index contributed by atoms with van der Waals surface area (Å²) in [5.41, 5.74) is 2.80. The standard InChI is InChI=1S/C20H20O3/c1-20(2,10-5-11-21)13-8-9-16-17(12-13)19(23)15-7-4-3-6-14(15)18(16)22/h3-4,6-9,12,21H,5,10-11H2,1-2H3. The Hall–Kier alpha value is -2.26. The number of fused-ring (bicyclic) bond motifs is 2. The third-order valence-corrected chi connectivity index (χ3v) is 4.67. The Morgan fingerprint density at radius 3 is 2.04 bits per heavy atom. The third kappa shape index (κ3) is 2.62. The van der Waals surface area contributed by atoms with E-state index in [4.69, 9.17) is 5.11 Å². The lowest BCUT2D eigenvalue weighted by Gasteiger charge is -2.27. The maximum atomic E-state index is 12.8. The highest BCUT2D eigenvalue weighted by atomic mass is 16.3. The van der Waals surface area contributed by atoms with Crippen LogP contribution in [0.2, 0.25) is 0 Å². The second kappa shape index (κ2) is 5.74. The van der Waals surface area contributed by atoms with E-state index in [1.165, 1.54) is 0 Å². The van der Waals surface area contributed by atoms with Gasteiger partial charge in [0, 0.05) is 28.9 Å². The van der Waals surface area contributed by atoms with Crippen LogP contribution in [0.25, 0.3) is 0 Å². The molecule has 3 nitrogen and oxygen atoms in total. The van der Waals surface area contributed by atoms with Gasteiger partial charge < -0.3 is 5.11 Å². The number of hydrogen-bond donors (Lipinski definition) is 1. The lowest BCUT2D eigenvalue weighted by Crippen LogP contribution is -2.23. The summed E-state index contributed by atoms with van der Waals surface area (Å²) < 4.78 is 0. The molecule has 3 heteroatoms. The van der Waals surface area contributed by atoms with E-state index in [2.05, 4.69) is 13.8 Å². The zero-order valence-electron chi connectivity index (χ0n) is 13.4. The van der Waals surface area contributed by atoms with Crippen molar-refractivity contribution in [2.75, 3.05) is 6.61 Å². The first kappa shape index (κ1) is 15.6. The zero-order chi connectivity index (χ0) is 16.6. The van der Waals surface area contributed by atoms with Gasteiger partial charge in [0.2, 0.25) is 0 Å². The molecule has 2 aromatic carbocycles. The lowest BCUT2D eigenvalue weighted by molar-refractivity contribution is 0.0979. The van der Waals surface area contributed by atoms with Crippen LogP contribution in [0, 0.1) is 0 Å². The molecule has 1 aliphatic carbocycles. The van der Waals surface area contributed by atoms with Crippen LogP contribution >= 0.6 is 0 Å². The minimum atomic E-state index is -0.155. The smallest absolute Gasteiger partial charge is 0.194 e. The maximum absolute atomic E-state index is 12.8. The van der Waals surface area contributed by atoms with Crippen LogP contribution in [0.5, 0.6) is 0 Å². The second-order valence-electron chi connectivity index (χ2n) is 6.68. The Bertz CT molecular complexity index is 787. The van der Waals surface area contributed by atoms with Gasteiger partial charge in [-0.1, -0.05) is 44.2 Å². The number of aliphatic hydroxyl groups excluding tert-OH is 1. The number of carbonyl (C=O) groups excluding carboxylic acids is 2. The van der Waals surface area contributed by atoms with Gasteiger partial charge in [0.1, 0.15) is 0 Å². The van der Waals surface area contributed by atoms with E-state index in [1.54, 1.807) is 30.3 Å². The van der Waals surface area contributed by atoms with Crippen molar-refractivity contribution in [3.63, 3.8) is 0 Å². The molecule has 0 atom stereocenters. The van der Waals surface area contributed by atoms with Gasteiger partial charge in [-0.15, -0.1) is 0 Å². The summed E-state index contributed by atoms with van der Waals surface area (Å²) in [7, 11) is 0. The molecule has 0 unspecified atom stereocenters. The molecule has 0 radical (unpaired) electrons. The number of rotatable bonds is 4. The maximum Gasteiger partial charge on any atom is 0.194 e. The molecule has 0 spiro atoms. The Morgan fingerprint density at radius 1 is 0.870 bits per heavy atom. The average molecular weight is 308 g/mol. The minimum Gasteiger partial charge on any atom is -0.396 e. The van der Waals surface area contributed by atoms with E-state index in [1.807, 2.05) is 12.1 Å². The quantitative estimate of drug-likeness (QED) is 0.802. The van der Waals surface area contributed by atoms with Crippen molar-refractivity contribution in [3.8, 4) is 0 Å². The molecule has 0 fully saturated rings. The first-order valence-corrected chi connectivity index (χ1v) is 7.89. The van der Waals surface area contributed by atoms with Crippen molar-refractivity contribution >= 4 is 11.6 Å². The van der Waals surface area contributed by atoms with Crippen molar-refractivity contribution in [2.24, 2.45) is 0 Å². The highest BCUT2D eigenvalue weighted by molar-refractivity contribution is 6.28. The van der Waals surface area contributed by atoms with Gasteiger partial charge in [0.25, 0.3) is 0 Å². The van der Waals surface area contributed by atoms with Gasteiger partial charge in [-0.2, -0.15) is 0 Å². The van der Waals surface area contributed by atoms with Crippen LogP contribution in [0.3, 0.4) is 0 Å². The fourth-order valence-corrected chi connectivity index (χ4v) is 3.19. The summed E-state index contributed by atoms with van der Waals surface area (Å²) in [5.74, 6) is -0.176. The number of carbonyl (C=O) groups is 2. The molecule has 23 heavy (non-hydrogen) atoms. The average Bonchev–Trinajstić information content (AvgIpc) is 2.57. The van der Waals surface area contributed by atoms with Crippen LogP contribution < -0.4 is 0 Å². The minimum absolute atomic E-state index is 0.0880. The van der Waals surface area contributed by atoms with Crippen molar-refractivity contribution in [1.82, 2.24) is 0 Å². The summed E-state index contributed by atoms with van der Waals surface area (Å²) in [6.07, 6.45) is 1.53. The summed E-state index contributed by atoms with van der Waals surface area (Å²) in [6, 6.07) is 12.5. The molecule has 0 bridgehead atoms. The zero-order valence-corrected chi connectivity index (χ0v) is 13.4. The van der Waals surface area contributed by atoms with E-state index in [9.17, 15) is 9.59 Å². The number of benzene rings is 2. The van der Waals surface area contributed by atoms with Crippen LogP contribution in [0.4, 0.5) is 0 Å². The van der Waals surface area contributed by atoms with Gasteiger partial charge in [-0.3, -0.25) is 9.59 Å². The summed E-state index contributed by atoms with van der Waals surface area (Å²) in [6.45, 7) is 4.33. The number of aliphatic hydroxyl groups is 1. The van der Waals surface area contributed by atoms with Crippen LogP contribution in [-0.4, -0.2) is 23.3 Å². The Kier molecular flexibility index (Phi) is 3.90. The van der Waals surface area contributed by atoms with E-state index in [0.29, 0.717) is 28.7 Å². The van der Waals surface area contributed by atoms with E-state index in [-0.39, 0.29) is 23.6 Å². The Balaban J connectivity index is 2.07. The summed E-state index contributed by atoms with van der Waals surface area (Å²) >= 11 is 0. The molecule has 2 aromatic rings. The molecule has 118 valence electrons. The highest BCUT2D eigenvalue weighted by Crippen LogP contribution is 2.33. The van der Waals surface area contributed by atoms with E-state index >= 15 is 0 Å². The molecule has 0 saturated heterocycles. The first-order chi connectivity index (χ1) is 11.0. The Morgan fingerprint density at radius 2 is 1.43 bits per heavy atom. The predicted octanol–water partition coefficient (Wildman–Crippen LogP) is 3.51. The van der Waals surface area contributed by atoms with E-state index < -0.39 is 0 Å². The van der Waals surface area contributed by atoms with Gasteiger partial charge in [0.05, 0.1) is 0 Å². The fraction of sp³-hybridized carbons (Fsp3) is 0.300. The van der Waals surface area contributed by atoms with Crippen molar-refractivity contribution in [2.45, 2.75) is 32.1 Å². The van der Waals surface area contributed by atoms with Gasteiger partial charge >= 0.3 is 0 Å². The first-order valence-electron chi connectivity index (χ1n) is 7.89. The Labute approximate surface area is 136 Å². The molecule has 3 rings (SSSR count). The molecule has 0 heterocycles. The summed E-state index contributed by atoms with van der Waals surface area (Å²) in [4.78, 5) is 25.4. The molecule has 1 N–H and O–H groups in total. The molecular formula is C20H20O3. The van der Waals surface area contributed by atoms with Crippen molar-refractivity contribution < 1.29 is 14.7 Å². The van der Waals surface area contributed by atoms with Crippen LogP contribution in [0.15, 0.2) is 42.5 Å². The number of hydrogen-bond acceptors (Lipinski definition) is 3. The lowest BCUT2D eigenvalue weighted by atomic mass is 9.76. The third-order valence-electron chi connectivity index (χ3n) is 4.67. The topological polar surface area (TPSA) is 54.4 Å². The van der Waals surface area contributed by atoms with Crippen LogP contribution in [-0.2, 0) is 5.41 Å². The molecule has 0 saturated carbocycles. The SMILES string of the molecule is CC(C)(CCCO)c1ccc2c(c1)C(=O)c1ccccc1C2=O. The van der Waals surface area contributed by atoms with E-state index in [0.717, 1.165) is 12.0 Å².